The quantitative estimate of drug-likeness (QED) is 0.576. The first-order chi connectivity index (χ1) is 5.10. The van der Waals surface area contributed by atoms with Crippen LogP contribution in [0.4, 0.5) is 0 Å². The molecule has 0 aliphatic carbocycles. The third kappa shape index (κ3) is 2.11. The second kappa shape index (κ2) is 3.23. The Labute approximate surface area is 78.1 Å². The highest BCUT2D eigenvalue weighted by Crippen LogP contribution is 2.50. The molecule has 8 radical (unpaired) electrons. The fraction of sp³-hybridized carbons (Fsp3) is 0.833. The van der Waals surface area contributed by atoms with Gasteiger partial charge in [-0.15, -0.1) is 0 Å². The van der Waals surface area contributed by atoms with Crippen LogP contribution in [0, 0.1) is 0 Å². The van der Waals surface area contributed by atoms with Gasteiger partial charge in [0.2, 0.25) is 0 Å². The Hall–Kier alpha value is -0.270. The van der Waals surface area contributed by atoms with E-state index in [1.165, 1.54) is 13.8 Å². The molecule has 0 aromatic heterocycles. The molecule has 6 heteroatoms. The fourth-order valence-electron chi connectivity index (χ4n) is 0.605. The molecule has 0 saturated carbocycles. The van der Waals surface area contributed by atoms with Gasteiger partial charge in [0.15, 0.2) is 0 Å². The van der Waals surface area contributed by atoms with Crippen molar-refractivity contribution in [3.05, 3.63) is 0 Å². The fourth-order valence-corrected chi connectivity index (χ4v) is 0.605. The highest BCUT2D eigenvalue weighted by atomic mass is 16.4. The SMILES string of the molecule is [B]C(C(=O)O)C([B])([B])C([B])(C)C. The van der Waals surface area contributed by atoms with Gasteiger partial charge in [-0.3, -0.25) is 4.79 Å². The average Bonchev–Trinajstić information content (AvgIpc) is 1.83. The Bertz CT molecular complexity index is 184. The summed E-state index contributed by atoms with van der Waals surface area (Å²) in [5.41, 5.74) is 0. The minimum absolute atomic E-state index is 1.05. The zero-order valence-corrected chi connectivity index (χ0v) is 7.24. The van der Waals surface area contributed by atoms with E-state index in [0.717, 1.165) is 0 Å². The van der Waals surface area contributed by atoms with Crippen LogP contribution in [-0.4, -0.2) is 42.5 Å². The van der Waals surface area contributed by atoms with Gasteiger partial charge in [0.05, 0.1) is 31.4 Å². The zero-order valence-electron chi connectivity index (χ0n) is 7.24. The number of carbonyl (C=O) groups is 1. The van der Waals surface area contributed by atoms with Crippen molar-refractivity contribution < 1.29 is 9.90 Å². The van der Waals surface area contributed by atoms with E-state index < -0.39 is 22.3 Å². The highest BCUT2D eigenvalue weighted by Gasteiger charge is 2.38. The first-order valence-corrected chi connectivity index (χ1v) is 3.45. The Balaban J connectivity index is 4.73. The molecule has 0 spiro atoms. The minimum atomic E-state index is -1.63. The standard InChI is InChI=1S/C6H8B4O2/c1-5(2,8)6(9,10)3(7)4(11)12/h3H,1-2H3,(H,11,12). The van der Waals surface area contributed by atoms with E-state index in [4.69, 9.17) is 36.5 Å². The van der Waals surface area contributed by atoms with Crippen LogP contribution in [0.5, 0.6) is 0 Å². The molecular formula is C6H8B4O2. The van der Waals surface area contributed by atoms with E-state index in [1.807, 2.05) is 0 Å². The number of carboxylic acids is 1. The van der Waals surface area contributed by atoms with Gasteiger partial charge >= 0.3 is 0 Å². The lowest BCUT2D eigenvalue weighted by atomic mass is 9.31. The van der Waals surface area contributed by atoms with Crippen LogP contribution in [0.3, 0.4) is 0 Å². The zero-order chi connectivity index (χ0) is 10.2. The van der Waals surface area contributed by atoms with Crippen LogP contribution >= 0.6 is 0 Å². The third-order valence-corrected chi connectivity index (χ3v) is 1.90. The van der Waals surface area contributed by atoms with Crippen molar-refractivity contribution in [3.63, 3.8) is 0 Å². The van der Waals surface area contributed by atoms with E-state index in [-0.39, 0.29) is 0 Å². The second-order valence-electron chi connectivity index (χ2n) is 3.47. The molecule has 0 aliphatic rings. The van der Waals surface area contributed by atoms with Crippen molar-refractivity contribution in [1.82, 2.24) is 0 Å². The van der Waals surface area contributed by atoms with Gasteiger partial charge in [0, 0.05) is 5.82 Å². The van der Waals surface area contributed by atoms with Crippen LogP contribution in [0.2, 0.25) is 16.3 Å². The lowest BCUT2D eigenvalue weighted by molar-refractivity contribution is -0.137. The maximum absolute atomic E-state index is 10.5. The van der Waals surface area contributed by atoms with Gasteiger partial charge in [-0.25, -0.2) is 0 Å². The van der Waals surface area contributed by atoms with Crippen molar-refractivity contribution in [2.45, 2.75) is 30.2 Å². The molecule has 0 amide bonds. The Morgan fingerprint density at radius 1 is 1.33 bits per heavy atom. The van der Waals surface area contributed by atoms with Crippen LogP contribution in [0.25, 0.3) is 0 Å². The van der Waals surface area contributed by atoms with Crippen LogP contribution in [0.1, 0.15) is 13.8 Å². The summed E-state index contributed by atoms with van der Waals surface area (Å²) in [4.78, 5) is 10.5. The summed E-state index contributed by atoms with van der Waals surface area (Å²) in [6.45, 7) is 3.05. The molecule has 1 atom stereocenters. The van der Waals surface area contributed by atoms with Crippen molar-refractivity contribution in [3.8, 4) is 0 Å². The smallest absolute Gasteiger partial charge is 0.296 e. The maximum atomic E-state index is 10.5. The molecule has 0 aromatic carbocycles. The summed E-state index contributed by atoms with van der Waals surface area (Å²) >= 11 is 0. The molecule has 0 fully saturated rings. The lowest BCUT2D eigenvalue weighted by Crippen LogP contribution is -2.35. The minimum Gasteiger partial charge on any atom is -0.482 e. The largest absolute Gasteiger partial charge is 0.482 e. The Kier molecular flexibility index (Phi) is 3.16. The molecule has 12 heavy (non-hydrogen) atoms. The molecule has 0 saturated heterocycles. The van der Waals surface area contributed by atoms with Crippen molar-refractivity contribution in [1.29, 1.82) is 0 Å². The molecule has 1 N–H and O–H groups in total. The van der Waals surface area contributed by atoms with Crippen molar-refractivity contribution in [2.24, 2.45) is 0 Å². The lowest BCUT2D eigenvalue weighted by Gasteiger charge is -2.44. The number of rotatable bonds is 3. The first-order valence-electron chi connectivity index (χ1n) is 3.45. The molecule has 2 nitrogen and oxygen atoms in total. The molecule has 56 valence electrons. The molecule has 1 unspecified atom stereocenters. The van der Waals surface area contributed by atoms with Crippen LogP contribution in [-0.2, 0) is 4.79 Å². The van der Waals surface area contributed by atoms with Gasteiger partial charge in [-0.2, -0.15) is 0 Å². The predicted molar refractivity (Wildman–Crippen MR) is 51.1 cm³/mol. The molecule has 0 bridgehead atoms. The summed E-state index contributed by atoms with van der Waals surface area (Å²) < 4.78 is 0. The Morgan fingerprint density at radius 3 is 1.75 bits per heavy atom. The van der Waals surface area contributed by atoms with E-state index in [1.54, 1.807) is 0 Å². The normalized spacial score (nSPS) is 15.5. The number of hydrogen-bond donors (Lipinski definition) is 1. The van der Waals surface area contributed by atoms with Gasteiger partial charge in [-0.05, 0) is 0 Å². The molecule has 0 rings (SSSR count). The number of carboxylic acid groups (broad SMARTS) is 1. The monoisotopic (exact) mass is 156 g/mol. The topological polar surface area (TPSA) is 37.3 Å². The predicted octanol–water partition coefficient (Wildman–Crippen LogP) is -0.152. The molecule has 0 aromatic rings. The summed E-state index contributed by atoms with van der Waals surface area (Å²) in [6, 6.07) is 0. The Morgan fingerprint density at radius 2 is 1.67 bits per heavy atom. The van der Waals surface area contributed by atoms with Gasteiger partial charge in [0.25, 0.3) is 5.97 Å². The van der Waals surface area contributed by atoms with Gasteiger partial charge in [0.1, 0.15) is 0 Å². The third-order valence-electron chi connectivity index (χ3n) is 1.90. The summed E-state index contributed by atoms with van der Waals surface area (Å²) in [5, 5.41) is 5.86. The number of aliphatic carboxylic acids is 1. The van der Waals surface area contributed by atoms with E-state index >= 15 is 0 Å². The highest BCUT2D eigenvalue weighted by molar-refractivity contribution is 6.50. The van der Waals surface area contributed by atoms with Gasteiger partial charge < -0.3 is 5.11 Å². The maximum Gasteiger partial charge on any atom is 0.296 e. The van der Waals surface area contributed by atoms with Gasteiger partial charge in [-0.1, -0.05) is 24.4 Å². The van der Waals surface area contributed by atoms with E-state index in [0.29, 0.717) is 0 Å². The van der Waals surface area contributed by atoms with Crippen LogP contribution in [0.15, 0.2) is 0 Å². The molecule has 0 heterocycles. The second-order valence-corrected chi connectivity index (χ2v) is 3.47. The average molecular weight is 155 g/mol. The summed E-state index contributed by atoms with van der Waals surface area (Å²) in [7, 11) is 21.8. The summed E-state index contributed by atoms with van der Waals surface area (Å²) in [6.07, 6.45) is 0. The van der Waals surface area contributed by atoms with E-state index in [2.05, 4.69) is 0 Å². The molecular weight excluding hydrogens is 147 g/mol. The number of hydrogen-bond acceptors (Lipinski definition) is 1. The van der Waals surface area contributed by atoms with Crippen molar-refractivity contribution in [2.75, 3.05) is 0 Å². The van der Waals surface area contributed by atoms with Crippen molar-refractivity contribution >= 4 is 37.4 Å². The summed E-state index contributed by atoms with van der Waals surface area (Å²) in [5.74, 6) is -2.64. The van der Waals surface area contributed by atoms with E-state index in [9.17, 15) is 4.79 Å². The van der Waals surface area contributed by atoms with Crippen LogP contribution < -0.4 is 0 Å². The molecule has 0 aliphatic heterocycles. The first kappa shape index (κ1) is 11.7.